The van der Waals surface area contributed by atoms with Gasteiger partial charge in [-0.1, -0.05) is 11.8 Å². The molecular formula is C19H16BrN3O3S. The van der Waals surface area contributed by atoms with Crippen LogP contribution in [0.15, 0.2) is 78.3 Å². The van der Waals surface area contributed by atoms with Crippen LogP contribution in [0.4, 0.5) is 17.3 Å². The van der Waals surface area contributed by atoms with Crippen molar-refractivity contribution in [3.8, 4) is 0 Å². The number of aliphatic imine (C=N–C) groups is 1. The number of nitro groups is 1. The highest BCUT2D eigenvalue weighted by atomic mass is 79.9. The van der Waals surface area contributed by atoms with Gasteiger partial charge in [-0.05, 0) is 52.3 Å². The van der Waals surface area contributed by atoms with Gasteiger partial charge in [-0.25, -0.2) is 0 Å². The summed E-state index contributed by atoms with van der Waals surface area (Å²) in [5.41, 5.74) is 0.896. The molecule has 1 aromatic heterocycles. The fraction of sp³-hybridized carbons (Fsp3) is 0.105. The van der Waals surface area contributed by atoms with E-state index in [4.69, 9.17) is 4.42 Å². The van der Waals surface area contributed by atoms with Crippen LogP contribution in [-0.2, 0) is 0 Å². The van der Waals surface area contributed by atoms with Gasteiger partial charge in [0.25, 0.3) is 5.69 Å². The predicted octanol–water partition coefficient (Wildman–Crippen LogP) is 5.92. The first-order valence-electron chi connectivity index (χ1n) is 7.95. The number of anilines is 1. The van der Waals surface area contributed by atoms with Gasteiger partial charge in [0.2, 0.25) is 5.88 Å². The van der Waals surface area contributed by atoms with Crippen LogP contribution in [0.2, 0.25) is 0 Å². The summed E-state index contributed by atoms with van der Waals surface area (Å²) in [6.45, 7) is 0. The van der Waals surface area contributed by atoms with Crippen LogP contribution in [0.3, 0.4) is 0 Å². The van der Waals surface area contributed by atoms with Gasteiger partial charge in [0.1, 0.15) is 5.76 Å². The zero-order valence-corrected chi connectivity index (χ0v) is 17.0. The molecule has 0 N–H and O–H groups in total. The topological polar surface area (TPSA) is 71.9 Å². The molecular weight excluding hydrogens is 430 g/mol. The second-order valence-corrected chi connectivity index (χ2v) is 7.80. The molecule has 1 heterocycles. The molecule has 0 saturated heterocycles. The molecule has 0 aliphatic carbocycles. The molecule has 0 fully saturated rings. The first kappa shape index (κ1) is 19.2. The first-order chi connectivity index (χ1) is 12.9. The van der Waals surface area contributed by atoms with Gasteiger partial charge < -0.3 is 9.32 Å². The summed E-state index contributed by atoms with van der Waals surface area (Å²) in [6, 6.07) is 16.1. The van der Waals surface area contributed by atoms with Crippen molar-refractivity contribution in [3.63, 3.8) is 0 Å². The third-order valence-corrected chi connectivity index (χ3v) is 5.14. The summed E-state index contributed by atoms with van der Waals surface area (Å²) >= 11 is 5.00. The Morgan fingerprint density at radius 2 is 1.70 bits per heavy atom. The number of furan rings is 1. The molecule has 0 atom stereocenters. The number of nitrogens with zero attached hydrogens (tertiary/aromatic N) is 3. The lowest BCUT2D eigenvalue weighted by molar-refractivity contribution is -0.384. The fourth-order valence-electron chi connectivity index (χ4n) is 2.26. The van der Waals surface area contributed by atoms with E-state index in [0.29, 0.717) is 5.76 Å². The molecule has 3 aromatic rings. The number of nitro benzene ring substituents is 1. The van der Waals surface area contributed by atoms with Crippen molar-refractivity contribution in [2.75, 3.05) is 19.0 Å². The van der Waals surface area contributed by atoms with Gasteiger partial charge in [-0.15, -0.1) is 0 Å². The van der Waals surface area contributed by atoms with E-state index in [2.05, 4.69) is 20.9 Å². The number of hydrogen-bond acceptors (Lipinski definition) is 6. The molecule has 0 bridgehead atoms. The van der Waals surface area contributed by atoms with Crippen LogP contribution in [-0.4, -0.2) is 25.2 Å². The van der Waals surface area contributed by atoms with E-state index in [0.717, 1.165) is 25.8 Å². The maximum Gasteiger partial charge on any atom is 0.269 e. The van der Waals surface area contributed by atoms with Crippen LogP contribution >= 0.6 is 27.7 Å². The molecule has 2 aromatic carbocycles. The van der Waals surface area contributed by atoms with Crippen molar-refractivity contribution in [2.24, 2.45) is 4.99 Å². The maximum absolute atomic E-state index is 10.7. The summed E-state index contributed by atoms with van der Waals surface area (Å²) in [7, 11) is 3.82. The SMILES string of the molecule is CN(C)c1oc(C=Nc2ccc(Sc3ccc([N+](=O)[O-])cc3)cc2)cc1Br. The number of benzene rings is 2. The van der Waals surface area contributed by atoms with Gasteiger partial charge in [0.15, 0.2) is 0 Å². The third-order valence-electron chi connectivity index (χ3n) is 3.55. The molecule has 0 spiro atoms. The predicted molar refractivity (Wildman–Crippen MR) is 112 cm³/mol. The summed E-state index contributed by atoms with van der Waals surface area (Å²) < 4.78 is 6.58. The smallest absolute Gasteiger partial charge is 0.269 e. The van der Waals surface area contributed by atoms with Gasteiger partial charge in [0.05, 0.1) is 21.3 Å². The minimum absolute atomic E-state index is 0.0889. The molecule has 138 valence electrons. The van der Waals surface area contributed by atoms with Crippen LogP contribution in [0, 0.1) is 10.1 Å². The molecule has 0 unspecified atom stereocenters. The van der Waals surface area contributed by atoms with Crippen molar-refractivity contribution >= 4 is 51.2 Å². The average Bonchev–Trinajstić information content (AvgIpc) is 3.02. The minimum Gasteiger partial charge on any atom is -0.438 e. The van der Waals surface area contributed by atoms with Crippen molar-refractivity contribution in [2.45, 2.75) is 9.79 Å². The highest BCUT2D eigenvalue weighted by Gasteiger charge is 2.09. The quantitative estimate of drug-likeness (QED) is 0.267. The summed E-state index contributed by atoms with van der Waals surface area (Å²) in [5.74, 6) is 1.40. The highest BCUT2D eigenvalue weighted by Crippen LogP contribution is 2.31. The van der Waals surface area contributed by atoms with Crippen molar-refractivity contribution in [3.05, 3.63) is 74.9 Å². The van der Waals surface area contributed by atoms with Crippen LogP contribution < -0.4 is 4.90 Å². The van der Waals surface area contributed by atoms with Gasteiger partial charge in [-0.2, -0.15) is 0 Å². The first-order valence-corrected chi connectivity index (χ1v) is 9.56. The summed E-state index contributed by atoms with van der Waals surface area (Å²) in [4.78, 5) is 18.6. The van der Waals surface area contributed by atoms with E-state index in [1.165, 1.54) is 23.9 Å². The second-order valence-electron chi connectivity index (χ2n) is 5.80. The highest BCUT2D eigenvalue weighted by molar-refractivity contribution is 9.10. The monoisotopic (exact) mass is 445 g/mol. The molecule has 0 radical (unpaired) electrons. The Morgan fingerprint density at radius 3 is 2.22 bits per heavy atom. The zero-order valence-electron chi connectivity index (χ0n) is 14.6. The Kier molecular flexibility index (Phi) is 5.98. The Morgan fingerprint density at radius 1 is 1.11 bits per heavy atom. The molecule has 8 heteroatoms. The van der Waals surface area contributed by atoms with Crippen molar-refractivity contribution in [1.29, 1.82) is 0 Å². The molecule has 0 aliphatic rings. The van der Waals surface area contributed by atoms with Crippen LogP contribution in [0.25, 0.3) is 0 Å². The van der Waals surface area contributed by atoms with E-state index in [-0.39, 0.29) is 5.69 Å². The average molecular weight is 446 g/mol. The van der Waals surface area contributed by atoms with E-state index in [9.17, 15) is 10.1 Å². The molecule has 0 saturated carbocycles. The number of rotatable bonds is 6. The zero-order chi connectivity index (χ0) is 19.4. The Balaban J connectivity index is 1.66. The standard InChI is InChI=1S/C19H16BrN3O3S/c1-22(2)19-18(20)11-15(26-19)12-21-13-3-7-16(8-4-13)27-17-9-5-14(6-10-17)23(24)25/h3-12H,1-2H3. The molecule has 3 rings (SSSR count). The van der Waals surface area contributed by atoms with E-state index < -0.39 is 4.92 Å². The number of halogens is 1. The van der Waals surface area contributed by atoms with E-state index in [1.54, 1.807) is 18.3 Å². The Bertz CT molecular complexity index is 967. The second kappa shape index (κ2) is 8.41. The Labute approximate surface area is 169 Å². The fourth-order valence-corrected chi connectivity index (χ4v) is 3.73. The normalized spacial score (nSPS) is 11.1. The van der Waals surface area contributed by atoms with E-state index in [1.807, 2.05) is 49.3 Å². The molecule has 0 amide bonds. The molecule has 6 nitrogen and oxygen atoms in total. The summed E-state index contributed by atoms with van der Waals surface area (Å²) in [6.07, 6.45) is 1.68. The van der Waals surface area contributed by atoms with Crippen LogP contribution in [0.1, 0.15) is 5.76 Å². The van der Waals surface area contributed by atoms with Crippen molar-refractivity contribution < 1.29 is 9.34 Å². The lowest BCUT2D eigenvalue weighted by Crippen LogP contribution is -2.07. The van der Waals surface area contributed by atoms with E-state index >= 15 is 0 Å². The van der Waals surface area contributed by atoms with Gasteiger partial charge in [-0.3, -0.25) is 15.1 Å². The lowest BCUT2D eigenvalue weighted by Gasteiger charge is -2.07. The molecule has 27 heavy (non-hydrogen) atoms. The third kappa shape index (κ3) is 4.99. The van der Waals surface area contributed by atoms with Crippen LogP contribution in [0.5, 0.6) is 0 Å². The number of hydrogen-bond donors (Lipinski definition) is 0. The van der Waals surface area contributed by atoms with Crippen molar-refractivity contribution in [1.82, 2.24) is 0 Å². The van der Waals surface area contributed by atoms with Gasteiger partial charge in [0, 0.05) is 42.1 Å². The molecule has 0 aliphatic heterocycles. The number of non-ortho nitro benzene ring substituents is 1. The largest absolute Gasteiger partial charge is 0.438 e. The maximum atomic E-state index is 10.7. The summed E-state index contributed by atoms with van der Waals surface area (Å²) in [5, 5.41) is 10.7. The van der Waals surface area contributed by atoms with Gasteiger partial charge >= 0.3 is 0 Å². The lowest BCUT2D eigenvalue weighted by atomic mass is 10.3. The Hall–Kier alpha value is -2.58. The minimum atomic E-state index is -0.402.